The van der Waals surface area contributed by atoms with Gasteiger partial charge >= 0.3 is 5.97 Å². The molecular formula is C14H12ClN5O2. The van der Waals surface area contributed by atoms with Crippen LogP contribution < -0.4 is 11.1 Å². The van der Waals surface area contributed by atoms with Crippen molar-refractivity contribution in [3.63, 3.8) is 0 Å². The number of pyridine rings is 1. The van der Waals surface area contributed by atoms with Crippen molar-refractivity contribution in [1.82, 2.24) is 14.6 Å². The number of rotatable bonds is 4. The van der Waals surface area contributed by atoms with Gasteiger partial charge in [0.15, 0.2) is 11.3 Å². The Hall–Kier alpha value is -2.80. The number of hydrogen-bond donors (Lipinski definition) is 3. The fraction of sp³-hybridized carbons (Fsp3) is 0.0714. The highest BCUT2D eigenvalue weighted by molar-refractivity contribution is 6.31. The van der Waals surface area contributed by atoms with Crippen molar-refractivity contribution in [3.8, 4) is 0 Å². The first-order chi connectivity index (χ1) is 10.6. The SMILES string of the molecule is Nc1nc2c(NCc3ccccc3Cl)ccc(C(=O)O)n2n1. The van der Waals surface area contributed by atoms with Crippen LogP contribution in [0.5, 0.6) is 0 Å². The zero-order valence-corrected chi connectivity index (χ0v) is 12.1. The van der Waals surface area contributed by atoms with Gasteiger partial charge in [-0.3, -0.25) is 0 Å². The van der Waals surface area contributed by atoms with Gasteiger partial charge in [0.1, 0.15) is 0 Å². The van der Waals surface area contributed by atoms with Crippen LogP contribution >= 0.6 is 11.6 Å². The predicted octanol–water partition coefficient (Wildman–Crippen LogP) is 2.28. The summed E-state index contributed by atoms with van der Waals surface area (Å²) in [6.07, 6.45) is 0. The number of carboxylic acids is 1. The number of hydrogen-bond acceptors (Lipinski definition) is 5. The van der Waals surface area contributed by atoms with E-state index in [0.717, 1.165) is 5.56 Å². The molecule has 0 radical (unpaired) electrons. The molecule has 7 nitrogen and oxygen atoms in total. The molecule has 22 heavy (non-hydrogen) atoms. The average molecular weight is 318 g/mol. The molecule has 112 valence electrons. The van der Waals surface area contributed by atoms with E-state index in [0.29, 0.717) is 22.9 Å². The molecule has 0 amide bonds. The maximum Gasteiger partial charge on any atom is 0.354 e. The third-order valence-electron chi connectivity index (χ3n) is 3.15. The summed E-state index contributed by atoms with van der Waals surface area (Å²) < 4.78 is 1.20. The molecule has 2 aromatic heterocycles. The van der Waals surface area contributed by atoms with E-state index in [9.17, 15) is 4.79 Å². The molecule has 3 rings (SSSR count). The summed E-state index contributed by atoms with van der Waals surface area (Å²) in [6.45, 7) is 0.467. The molecule has 0 fully saturated rings. The van der Waals surface area contributed by atoms with Crippen molar-refractivity contribution in [1.29, 1.82) is 0 Å². The van der Waals surface area contributed by atoms with E-state index in [1.54, 1.807) is 12.1 Å². The lowest BCUT2D eigenvalue weighted by Crippen LogP contribution is -2.09. The van der Waals surface area contributed by atoms with Gasteiger partial charge in [-0.05, 0) is 23.8 Å². The van der Waals surface area contributed by atoms with E-state index in [2.05, 4.69) is 15.4 Å². The monoisotopic (exact) mass is 317 g/mol. The molecule has 8 heteroatoms. The lowest BCUT2D eigenvalue weighted by Gasteiger charge is -2.09. The van der Waals surface area contributed by atoms with Crippen molar-refractivity contribution in [3.05, 3.63) is 52.7 Å². The first kappa shape index (κ1) is 14.2. The number of carboxylic acid groups (broad SMARTS) is 1. The second-order valence-electron chi connectivity index (χ2n) is 4.59. The van der Waals surface area contributed by atoms with Crippen molar-refractivity contribution < 1.29 is 9.90 Å². The molecule has 0 unspecified atom stereocenters. The van der Waals surface area contributed by atoms with E-state index in [-0.39, 0.29) is 11.6 Å². The number of nitrogens with two attached hydrogens (primary N) is 1. The number of fused-ring (bicyclic) bond motifs is 1. The van der Waals surface area contributed by atoms with Gasteiger partial charge in [0.25, 0.3) is 0 Å². The molecule has 0 aliphatic heterocycles. The zero-order valence-electron chi connectivity index (χ0n) is 11.3. The maximum atomic E-state index is 11.2. The number of anilines is 2. The topological polar surface area (TPSA) is 106 Å². The van der Waals surface area contributed by atoms with Crippen LogP contribution in [0.4, 0.5) is 11.6 Å². The highest BCUT2D eigenvalue weighted by Gasteiger charge is 2.15. The predicted molar refractivity (Wildman–Crippen MR) is 83.1 cm³/mol. The normalized spacial score (nSPS) is 10.8. The smallest absolute Gasteiger partial charge is 0.354 e. The Balaban J connectivity index is 1.96. The molecule has 3 aromatic rings. The van der Waals surface area contributed by atoms with Gasteiger partial charge in [-0.1, -0.05) is 29.8 Å². The average Bonchev–Trinajstić information content (AvgIpc) is 2.87. The Morgan fingerprint density at radius 1 is 1.32 bits per heavy atom. The summed E-state index contributed by atoms with van der Waals surface area (Å²) in [7, 11) is 0. The largest absolute Gasteiger partial charge is 0.477 e. The van der Waals surface area contributed by atoms with Crippen molar-refractivity contribution in [2.45, 2.75) is 6.54 Å². The second-order valence-corrected chi connectivity index (χ2v) is 4.99. The van der Waals surface area contributed by atoms with Gasteiger partial charge in [0, 0.05) is 11.6 Å². The van der Waals surface area contributed by atoms with Gasteiger partial charge < -0.3 is 16.2 Å². The van der Waals surface area contributed by atoms with Crippen molar-refractivity contribution in [2.24, 2.45) is 0 Å². The van der Waals surface area contributed by atoms with Crippen LogP contribution in [0.2, 0.25) is 5.02 Å². The number of aromatic nitrogens is 3. The number of halogens is 1. The Labute approximate surface area is 130 Å². The summed E-state index contributed by atoms with van der Waals surface area (Å²) in [6, 6.07) is 10.5. The molecule has 0 spiro atoms. The third-order valence-corrected chi connectivity index (χ3v) is 3.52. The first-order valence-corrected chi connectivity index (χ1v) is 6.80. The number of nitrogens with one attached hydrogen (secondary N) is 1. The Morgan fingerprint density at radius 3 is 2.82 bits per heavy atom. The van der Waals surface area contributed by atoms with E-state index in [1.807, 2.05) is 18.2 Å². The number of nitrogens with zero attached hydrogens (tertiary/aromatic N) is 3. The molecule has 1 aromatic carbocycles. The van der Waals surface area contributed by atoms with Gasteiger partial charge in [0.2, 0.25) is 5.95 Å². The third kappa shape index (κ3) is 2.53. The summed E-state index contributed by atoms with van der Waals surface area (Å²) in [5, 5.41) is 16.9. The molecule has 0 saturated heterocycles. The zero-order chi connectivity index (χ0) is 15.7. The number of carbonyl (C=O) groups is 1. The van der Waals surface area contributed by atoms with E-state index >= 15 is 0 Å². The number of nitrogen functional groups attached to an aromatic ring is 1. The molecule has 0 saturated carbocycles. The molecule has 0 atom stereocenters. The summed E-state index contributed by atoms with van der Waals surface area (Å²) in [5.41, 5.74) is 7.45. The van der Waals surface area contributed by atoms with Crippen LogP contribution in [0.3, 0.4) is 0 Å². The van der Waals surface area contributed by atoms with E-state index in [1.165, 1.54) is 10.6 Å². The van der Waals surface area contributed by atoms with Crippen LogP contribution in [-0.2, 0) is 6.54 Å². The minimum absolute atomic E-state index is 0.00879. The van der Waals surface area contributed by atoms with Gasteiger partial charge in [0.05, 0.1) is 5.69 Å². The molecular weight excluding hydrogens is 306 g/mol. The minimum atomic E-state index is -1.10. The number of benzene rings is 1. The Morgan fingerprint density at radius 2 is 2.09 bits per heavy atom. The van der Waals surface area contributed by atoms with E-state index < -0.39 is 5.97 Å². The van der Waals surface area contributed by atoms with Crippen molar-refractivity contribution in [2.75, 3.05) is 11.1 Å². The standard InChI is InChI=1S/C14H12ClN5O2/c15-9-4-2-1-3-8(9)7-17-10-5-6-11(13(21)22)20-12(10)18-14(16)19-20/h1-6,17H,7H2,(H2,16,19)(H,21,22). The number of aromatic carboxylic acids is 1. The summed E-state index contributed by atoms with van der Waals surface area (Å²) in [4.78, 5) is 15.3. The molecule has 0 aliphatic rings. The fourth-order valence-corrected chi connectivity index (χ4v) is 2.31. The minimum Gasteiger partial charge on any atom is -0.477 e. The Kier molecular flexibility index (Phi) is 3.56. The highest BCUT2D eigenvalue weighted by atomic mass is 35.5. The van der Waals surface area contributed by atoms with Gasteiger partial charge in [-0.25, -0.2) is 9.31 Å². The van der Waals surface area contributed by atoms with Crippen molar-refractivity contribution >= 4 is 34.9 Å². The lowest BCUT2D eigenvalue weighted by molar-refractivity contribution is 0.0687. The first-order valence-electron chi connectivity index (χ1n) is 6.42. The van der Waals surface area contributed by atoms with Gasteiger partial charge in [-0.2, -0.15) is 4.98 Å². The molecule has 2 heterocycles. The lowest BCUT2D eigenvalue weighted by atomic mass is 10.2. The highest BCUT2D eigenvalue weighted by Crippen LogP contribution is 2.21. The molecule has 0 bridgehead atoms. The van der Waals surface area contributed by atoms with Crippen LogP contribution in [0.25, 0.3) is 5.65 Å². The fourth-order valence-electron chi connectivity index (χ4n) is 2.11. The van der Waals surface area contributed by atoms with Gasteiger partial charge in [-0.15, -0.1) is 5.10 Å². The molecule has 4 N–H and O–H groups in total. The van der Waals surface area contributed by atoms with E-state index in [4.69, 9.17) is 22.4 Å². The maximum absolute atomic E-state index is 11.2. The molecule has 0 aliphatic carbocycles. The van der Waals surface area contributed by atoms with Crippen LogP contribution in [0.15, 0.2) is 36.4 Å². The summed E-state index contributed by atoms with van der Waals surface area (Å²) >= 11 is 6.11. The summed E-state index contributed by atoms with van der Waals surface area (Å²) in [5.74, 6) is -1.10. The Bertz CT molecular complexity index is 862. The van der Waals surface area contributed by atoms with Crippen LogP contribution in [0.1, 0.15) is 16.1 Å². The quantitative estimate of drug-likeness (QED) is 0.681. The van der Waals surface area contributed by atoms with Crippen LogP contribution in [0, 0.1) is 0 Å². The van der Waals surface area contributed by atoms with Crippen LogP contribution in [-0.4, -0.2) is 25.7 Å². The second kappa shape index (κ2) is 5.53.